The summed E-state index contributed by atoms with van der Waals surface area (Å²) < 4.78 is 10.8. The SMILES string of the molecule is CCOC(=O)[C@H](Cc1ccccc1)NC(=O)c1cc(Cl)c(OCCN2CCNCC2)c(Cl)c1O. The Kier molecular flexibility index (Phi) is 9.83. The molecule has 0 unspecified atom stereocenters. The predicted molar refractivity (Wildman–Crippen MR) is 131 cm³/mol. The van der Waals surface area contributed by atoms with E-state index >= 15 is 0 Å². The van der Waals surface area contributed by atoms with Crippen molar-refractivity contribution in [3.05, 3.63) is 57.6 Å². The molecule has 0 bridgehead atoms. The highest BCUT2D eigenvalue weighted by Crippen LogP contribution is 2.42. The van der Waals surface area contributed by atoms with Crippen molar-refractivity contribution in [3.8, 4) is 11.5 Å². The predicted octanol–water partition coefficient (Wildman–Crippen LogP) is 2.89. The number of hydrogen-bond acceptors (Lipinski definition) is 7. The highest BCUT2D eigenvalue weighted by atomic mass is 35.5. The van der Waals surface area contributed by atoms with Gasteiger partial charge in [0, 0.05) is 39.1 Å². The lowest BCUT2D eigenvalue weighted by Gasteiger charge is -2.27. The van der Waals surface area contributed by atoms with Gasteiger partial charge < -0.3 is 25.2 Å². The lowest BCUT2D eigenvalue weighted by molar-refractivity contribution is -0.145. The van der Waals surface area contributed by atoms with Crippen molar-refractivity contribution in [2.24, 2.45) is 0 Å². The average Bonchev–Trinajstić information content (AvgIpc) is 2.84. The summed E-state index contributed by atoms with van der Waals surface area (Å²) in [5.41, 5.74) is 0.682. The van der Waals surface area contributed by atoms with Crippen LogP contribution >= 0.6 is 23.2 Å². The fourth-order valence-corrected chi connectivity index (χ4v) is 4.19. The maximum Gasteiger partial charge on any atom is 0.328 e. The molecule has 1 aliphatic heterocycles. The largest absolute Gasteiger partial charge is 0.505 e. The summed E-state index contributed by atoms with van der Waals surface area (Å²) in [7, 11) is 0. The van der Waals surface area contributed by atoms with Gasteiger partial charge in [-0.15, -0.1) is 0 Å². The van der Waals surface area contributed by atoms with Crippen LogP contribution in [-0.4, -0.2) is 73.9 Å². The van der Waals surface area contributed by atoms with Gasteiger partial charge in [-0.2, -0.15) is 0 Å². The number of phenolic OH excluding ortho intramolecular Hbond substituents is 1. The van der Waals surface area contributed by atoms with E-state index in [1.165, 1.54) is 6.07 Å². The standard InChI is InChI=1S/C24H29Cl2N3O5/c1-2-33-24(32)19(14-16-6-4-3-5-7-16)28-23(31)17-15-18(25)22(20(26)21(17)30)34-13-12-29-10-8-27-9-11-29/h3-7,15,19,27,30H,2,8-14H2,1H3,(H,28,31)/t19-/m0/s1. The zero-order valence-electron chi connectivity index (χ0n) is 19.0. The number of halogens is 2. The molecule has 0 saturated carbocycles. The van der Waals surface area contributed by atoms with Crippen molar-refractivity contribution in [1.29, 1.82) is 0 Å². The van der Waals surface area contributed by atoms with E-state index in [2.05, 4.69) is 15.5 Å². The van der Waals surface area contributed by atoms with Gasteiger partial charge in [0.2, 0.25) is 0 Å². The number of hydrogen-bond donors (Lipinski definition) is 3. The van der Waals surface area contributed by atoms with Crippen molar-refractivity contribution < 1.29 is 24.2 Å². The summed E-state index contributed by atoms with van der Waals surface area (Å²) in [5.74, 6) is -1.64. The molecule has 184 valence electrons. The van der Waals surface area contributed by atoms with Gasteiger partial charge in [-0.3, -0.25) is 9.69 Å². The van der Waals surface area contributed by atoms with Crippen LogP contribution in [0, 0.1) is 0 Å². The molecule has 1 aliphatic rings. The van der Waals surface area contributed by atoms with Crippen molar-refractivity contribution in [1.82, 2.24) is 15.5 Å². The molecule has 0 radical (unpaired) electrons. The molecule has 2 aromatic carbocycles. The third-order valence-electron chi connectivity index (χ3n) is 5.42. The molecule has 8 nitrogen and oxygen atoms in total. The number of phenols is 1. The van der Waals surface area contributed by atoms with E-state index in [4.69, 9.17) is 32.7 Å². The average molecular weight is 510 g/mol. The van der Waals surface area contributed by atoms with E-state index in [0.29, 0.717) is 13.2 Å². The van der Waals surface area contributed by atoms with Gasteiger partial charge in [-0.1, -0.05) is 53.5 Å². The van der Waals surface area contributed by atoms with Crippen LogP contribution in [0.3, 0.4) is 0 Å². The van der Waals surface area contributed by atoms with Gasteiger partial charge in [0.25, 0.3) is 5.91 Å². The highest BCUT2D eigenvalue weighted by Gasteiger charge is 2.27. The van der Waals surface area contributed by atoms with E-state index < -0.39 is 23.7 Å². The lowest BCUT2D eigenvalue weighted by atomic mass is 10.1. The third kappa shape index (κ3) is 6.99. The highest BCUT2D eigenvalue weighted by molar-refractivity contribution is 6.39. The number of carbonyl (C=O) groups is 2. The number of aromatic hydroxyl groups is 1. The molecule has 1 atom stereocenters. The molecule has 1 amide bonds. The zero-order valence-corrected chi connectivity index (χ0v) is 20.5. The van der Waals surface area contributed by atoms with E-state index in [-0.39, 0.29) is 34.4 Å². The van der Waals surface area contributed by atoms with Crippen LogP contribution in [0.25, 0.3) is 0 Å². The van der Waals surface area contributed by atoms with E-state index in [1.807, 2.05) is 30.3 Å². The molecule has 3 N–H and O–H groups in total. The van der Waals surface area contributed by atoms with Gasteiger partial charge in [0.15, 0.2) is 11.5 Å². The summed E-state index contributed by atoms with van der Waals surface area (Å²) >= 11 is 12.6. The third-order valence-corrected chi connectivity index (χ3v) is 6.05. The van der Waals surface area contributed by atoms with Crippen molar-refractivity contribution in [2.75, 3.05) is 45.9 Å². The monoisotopic (exact) mass is 509 g/mol. The second kappa shape index (κ2) is 12.8. The first kappa shape index (κ1) is 26.1. The van der Waals surface area contributed by atoms with Crippen molar-refractivity contribution in [3.63, 3.8) is 0 Å². The van der Waals surface area contributed by atoms with Crippen LogP contribution in [0.5, 0.6) is 11.5 Å². The van der Waals surface area contributed by atoms with Gasteiger partial charge in [-0.05, 0) is 18.6 Å². The molecular weight excluding hydrogens is 481 g/mol. The number of nitrogens with zero attached hydrogens (tertiary/aromatic N) is 1. The second-order valence-corrected chi connectivity index (χ2v) is 8.59. The smallest absolute Gasteiger partial charge is 0.328 e. The van der Waals surface area contributed by atoms with Gasteiger partial charge in [-0.25, -0.2) is 4.79 Å². The topological polar surface area (TPSA) is 100 Å². The Morgan fingerprint density at radius 1 is 1.21 bits per heavy atom. The van der Waals surface area contributed by atoms with Crippen LogP contribution in [0.1, 0.15) is 22.8 Å². The maximum absolute atomic E-state index is 13.0. The minimum atomic E-state index is -0.957. The molecule has 34 heavy (non-hydrogen) atoms. The Balaban J connectivity index is 1.71. The van der Waals surface area contributed by atoms with Crippen LogP contribution in [0.2, 0.25) is 10.0 Å². The number of nitrogens with one attached hydrogen (secondary N) is 2. The Hall–Kier alpha value is -2.52. The molecule has 0 aliphatic carbocycles. The van der Waals surface area contributed by atoms with Crippen LogP contribution in [0.15, 0.2) is 36.4 Å². The second-order valence-electron chi connectivity index (χ2n) is 7.81. The summed E-state index contributed by atoms with van der Waals surface area (Å²) in [6, 6.07) is 9.55. The summed E-state index contributed by atoms with van der Waals surface area (Å²) in [4.78, 5) is 27.7. The molecule has 0 spiro atoms. The number of benzene rings is 2. The van der Waals surface area contributed by atoms with E-state index in [9.17, 15) is 14.7 Å². The summed E-state index contributed by atoms with van der Waals surface area (Å²) in [5, 5.41) is 16.4. The summed E-state index contributed by atoms with van der Waals surface area (Å²) in [6.45, 7) is 6.53. The Morgan fingerprint density at radius 3 is 2.59 bits per heavy atom. The first-order valence-corrected chi connectivity index (χ1v) is 11.9. The number of esters is 1. The number of ether oxygens (including phenoxy) is 2. The molecular formula is C24H29Cl2N3O5. The molecule has 10 heteroatoms. The van der Waals surface area contributed by atoms with Crippen LogP contribution in [-0.2, 0) is 16.0 Å². The Bertz CT molecular complexity index is 984. The molecule has 3 rings (SSSR count). The van der Waals surface area contributed by atoms with Crippen molar-refractivity contribution >= 4 is 35.1 Å². The molecule has 0 aromatic heterocycles. The summed E-state index contributed by atoms with van der Waals surface area (Å²) in [6.07, 6.45) is 0.223. The molecule has 1 heterocycles. The van der Waals surface area contributed by atoms with Crippen molar-refractivity contribution in [2.45, 2.75) is 19.4 Å². The van der Waals surface area contributed by atoms with Gasteiger partial charge in [0.05, 0.1) is 17.2 Å². The fourth-order valence-electron chi connectivity index (χ4n) is 3.63. The molecule has 2 aromatic rings. The molecule has 1 saturated heterocycles. The van der Waals surface area contributed by atoms with E-state index in [0.717, 1.165) is 31.7 Å². The van der Waals surface area contributed by atoms with Gasteiger partial charge in [0.1, 0.15) is 17.7 Å². The van der Waals surface area contributed by atoms with Gasteiger partial charge >= 0.3 is 5.97 Å². The number of rotatable bonds is 10. The Labute approximate surface area is 209 Å². The fraction of sp³-hybridized carbons (Fsp3) is 0.417. The minimum absolute atomic E-state index is 0.0870. The first-order valence-electron chi connectivity index (χ1n) is 11.2. The number of carbonyl (C=O) groups excluding carboxylic acids is 2. The maximum atomic E-state index is 13.0. The van der Waals surface area contributed by atoms with Crippen LogP contribution < -0.4 is 15.4 Å². The number of piperazine rings is 1. The number of amides is 1. The first-order chi connectivity index (χ1) is 16.4. The van der Waals surface area contributed by atoms with Crippen LogP contribution in [0.4, 0.5) is 0 Å². The normalized spacial score (nSPS) is 14.9. The Morgan fingerprint density at radius 2 is 1.91 bits per heavy atom. The lowest BCUT2D eigenvalue weighted by Crippen LogP contribution is -2.44. The molecule has 1 fully saturated rings. The zero-order chi connectivity index (χ0) is 24.5. The minimum Gasteiger partial charge on any atom is -0.505 e. The van der Waals surface area contributed by atoms with E-state index in [1.54, 1.807) is 6.92 Å². The quantitative estimate of drug-likeness (QED) is 0.423.